The van der Waals surface area contributed by atoms with Gasteiger partial charge in [-0.15, -0.1) is 0 Å². The molecule has 0 atom stereocenters. The Morgan fingerprint density at radius 1 is 1.24 bits per heavy atom. The molecule has 10 heteroatoms. The number of hydrogen-bond donors (Lipinski definition) is 2. The molecule has 1 aliphatic heterocycles. The fourth-order valence-electron chi connectivity index (χ4n) is 4.52. The summed E-state index contributed by atoms with van der Waals surface area (Å²) >= 11 is 0. The standard InChI is InChI=1S/C23H30N4O5S/c1-33(30,31)15-3-14-32-20-5-2-4-19-18(20)11-13-27(19)21-10-12-24-23(26-21)25-17-8-6-16(7-9-17)22(28)29/h2,4-5,10,12,16-17H,3,6-9,11,13-15H2,1H3,(H,28,29)(H,24,25,26). The quantitative estimate of drug-likeness (QED) is 0.528. The number of sulfone groups is 1. The van der Waals surface area contributed by atoms with Crippen LogP contribution in [0, 0.1) is 5.92 Å². The predicted molar refractivity (Wildman–Crippen MR) is 126 cm³/mol. The van der Waals surface area contributed by atoms with E-state index in [0.29, 0.717) is 31.8 Å². The molecule has 178 valence electrons. The molecule has 9 nitrogen and oxygen atoms in total. The van der Waals surface area contributed by atoms with E-state index in [1.165, 1.54) is 6.26 Å². The lowest BCUT2D eigenvalue weighted by Crippen LogP contribution is -2.30. The number of carboxylic acid groups (broad SMARTS) is 1. The number of nitrogens with one attached hydrogen (secondary N) is 1. The number of carbonyl (C=O) groups is 1. The van der Waals surface area contributed by atoms with Crippen molar-refractivity contribution in [3.05, 3.63) is 36.0 Å². The highest BCUT2D eigenvalue weighted by Crippen LogP contribution is 2.39. The van der Waals surface area contributed by atoms with Crippen molar-refractivity contribution in [1.29, 1.82) is 0 Å². The van der Waals surface area contributed by atoms with Crippen LogP contribution in [0.3, 0.4) is 0 Å². The van der Waals surface area contributed by atoms with E-state index in [-0.39, 0.29) is 17.7 Å². The number of rotatable bonds is 9. The molecular formula is C23H30N4O5S. The molecule has 33 heavy (non-hydrogen) atoms. The minimum atomic E-state index is -2.99. The van der Waals surface area contributed by atoms with Gasteiger partial charge in [0.2, 0.25) is 5.95 Å². The molecule has 0 unspecified atom stereocenters. The van der Waals surface area contributed by atoms with Gasteiger partial charge in [0.1, 0.15) is 21.4 Å². The van der Waals surface area contributed by atoms with Gasteiger partial charge in [-0.25, -0.2) is 13.4 Å². The number of ether oxygens (including phenoxy) is 1. The molecule has 1 aliphatic carbocycles. The topological polar surface area (TPSA) is 122 Å². The molecular weight excluding hydrogens is 444 g/mol. The van der Waals surface area contributed by atoms with Gasteiger partial charge in [0.25, 0.3) is 0 Å². The Balaban J connectivity index is 1.41. The van der Waals surface area contributed by atoms with E-state index >= 15 is 0 Å². The van der Waals surface area contributed by atoms with Crippen LogP contribution in [0.4, 0.5) is 17.5 Å². The summed E-state index contributed by atoms with van der Waals surface area (Å²) in [5.74, 6) is 1.28. The normalized spacial score (nSPS) is 20.3. The van der Waals surface area contributed by atoms with Crippen LogP contribution in [-0.4, -0.2) is 60.7 Å². The van der Waals surface area contributed by atoms with Crippen LogP contribution in [0.15, 0.2) is 30.5 Å². The van der Waals surface area contributed by atoms with Gasteiger partial charge in [-0.05, 0) is 56.7 Å². The third-order valence-corrected chi connectivity index (χ3v) is 7.26. The molecule has 2 aliphatic rings. The SMILES string of the molecule is CS(=O)(=O)CCCOc1cccc2c1CCN2c1ccnc(NC2CCC(C(=O)O)CC2)n1. The first-order valence-electron chi connectivity index (χ1n) is 11.3. The lowest BCUT2D eigenvalue weighted by molar-refractivity contribution is -0.142. The molecule has 0 radical (unpaired) electrons. The molecule has 0 bridgehead atoms. The van der Waals surface area contributed by atoms with Crippen molar-refractivity contribution in [3.63, 3.8) is 0 Å². The Bertz CT molecular complexity index is 1100. The van der Waals surface area contributed by atoms with E-state index in [2.05, 4.69) is 15.2 Å². The van der Waals surface area contributed by atoms with E-state index in [9.17, 15) is 18.3 Å². The molecule has 2 aromatic rings. The van der Waals surface area contributed by atoms with Gasteiger partial charge in [-0.1, -0.05) is 6.07 Å². The minimum absolute atomic E-state index is 0.114. The Morgan fingerprint density at radius 3 is 2.76 bits per heavy atom. The van der Waals surface area contributed by atoms with Crippen LogP contribution in [0.5, 0.6) is 5.75 Å². The van der Waals surface area contributed by atoms with Gasteiger partial charge in [0.05, 0.1) is 18.3 Å². The Hall–Kier alpha value is -2.88. The van der Waals surface area contributed by atoms with E-state index < -0.39 is 15.8 Å². The molecule has 1 aromatic carbocycles. The van der Waals surface area contributed by atoms with Crippen molar-refractivity contribution in [3.8, 4) is 5.75 Å². The van der Waals surface area contributed by atoms with E-state index in [0.717, 1.165) is 48.6 Å². The first-order chi connectivity index (χ1) is 15.8. The van der Waals surface area contributed by atoms with Crippen LogP contribution >= 0.6 is 0 Å². The van der Waals surface area contributed by atoms with Gasteiger partial charge in [-0.3, -0.25) is 4.79 Å². The fourth-order valence-corrected chi connectivity index (χ4v) is 5.16. The van der Waals surface area contributed by atoms with Crippen molar-refractivity contribution in [2.24, 2.45) is 5.92 Å². The summed E-state index contributed by atoms with van der Waals surface area (Å²) in [6.45, 7) is 1.12. The zero-order chi connectivity index (χ0) is 23.4. The summed E-state index contributed by atoms with van der Waals surface area (Å²) in [5.41, 5.74) is 2.12. The first-order valence-corrected chi connectivity index (χ1v) is 13.4. The van der Waals surface area contributed by atoms with Gasteiger partial charge in [0, 0.05) is 36.3 Å². The van der Waals surface area contributed by atoms with Crippen molar-refractivity contribution in [2.45, 2.75) is 44.6 Å². The molecule has 4 rings (SSSR count). The number of hydrogen-bond acceptors (Lipinski definition) is 8. The first kappa shape index (κ1) is 23.3. The van der Waals surface area contributed by atoms with Crippen LogP contribution in [0.2, 0.25) is 0 Å². The summed E-state index contributed by atoms with van der Waals surface area (Å²) in [7, 11) is -2.99. The van der Waals surface area contributed by atoms with Crippen LogP contribution < -0.4 is 15.0 Å². The maximum atomic E-state index is 11.3. The maximum absolute atomic E-state index is 11.3. The summed E-state index contributed by atoms with van der Waals surface area (Å²) < 4.78 is 28.5. The summed E-state index contributed by atoms with van der Waals surface area (Å²) in [6.07, 6.45) is 7.14. The summed E-state index contributed by atoms with van der Waals surface area (Å²) in [4.78, 5) is 22.4. The van der Waals surface area contributed by atoms with Gasteiger partial charge < -0.3 is 20.1 Å². The number of aromatic nitrogens is 2. The van der Waals surface area contributed by atoms with Gasteiger partial charge >= 0.3 is 5.97 Å². The molecule has 1 saturated carbocycles. The maximum Gasteiger partial charge on any atom is 0.306 e. The lowest BCUT2D eigenvalue weighted by Gasteiger charge is -2.27. The van der Waals surface area contributed by atoms with Gasteiger partial charge in [0.15, 0.2) is 0 Å². The number of fused-ring (bicyclic) bond motifs is 1. The second kappa shape index (κ2) is 9.94. The molecule has 1 fully saturated rings. The Labute approximate surface area is 194 Å². The number of carboxylic acids is 1. The van der Waals surface area contributed by atoms with Crippen LogP contribution in [0.1, 0.15) is 37.7 Å². The van der Waals surface area contributed by atoms with Gasteiger partial charge in [-0.2, -0.15) is 4.98 Å². The van der Waals surface area contributed by atoms with Crippen molar-refractivity contribution in [2.75, 3.05) is 35.4 Å². The van der Waals surface area contributed by atoms with Crippen molar-refractivity contribution in [1.82, 2.24) is 9.97 Å². The van der Waals surface area contributed by atoms with Crippen molar-refractivity contribution < 1.29 is 23.1 Å². The molecule has 2 N–H and O–H groups in total. The average Bonchev–Trinajstić information content (AvgIpc) is 3.22. The highest BCUT2D eigenvalue weighted by Gasteiger charge is 2.27. The molecule has 0 spiro atoms. The largest absolute Gasteiger partial charge is 0.493 e. The zero-order valence-corrected chi connectivity index (χ0v) is 19.6. The minimum Gasteiger partial charge on any atom is -0.493 e. The zero-order valence-electron chi connectivity index (χ0n) is 18.7. The second-order valence-corrected chi connectivity index (χ2v) is 11.0. The van der Waals surface area contributed by atoms with Crippen LogP contribution in [-0.2, 0) is 21.1 Å². The molecule has 0 amide bonds. The second-order valence-electron chi connectivity index (χ2n) is 8.76. The molecule has 0 saturated heterocycles. The van der Waals surface area contributed by atoms with Crippen LogP contribution in [0.25, 0.3) is 0 Å². The smallest absolute Gasteiger partial charge is 0.306 e. The third-order valence-electron chi connectivity index (χ3n) is 6.23. The third kappa shape index (κ3) is 5.93. The molecule has 2 heterocycles. The number of aliphatic carboxylic acids is 1. The average molecular weight is 475 g/mol. The van der Waals surface area contributed by atoms with E-state index in [4.69, 9.17) is 9.72 Å². The highest BCUT2D eigenvalue weighted by atomic mass is 32.2. The predicted octanol–water partition coefficient (Wildman–Crippen LogP) is 3.04. The highest BCUT2D eigenvalue weighted by molar-refractivity contribution is 7.90. The Kier molecular flexibility index (Phi) is 7.02. The summed E-state index contributed by atoms with van der Waals surface area (Å²) in [6, 6.07) is 7.94. The number of nitrogens with zero attached hydrogens (tertiary/aromatic N) is 3. The van der Waals surface area contributed by atoms with E-state index in [1.807, 2.05) is 24.3 Å². The molecule has 1 aromatic heterocycles. The number of anilines is 3. The lowest BCUT2D eigenvalue weighted by atomic mass is 9.86. The Morgan fingerprint density at radius 2 is 2.03 bits per heavy atom. The fraction of sp³-hybridized carbons (Fsp3) is 0.522. The number of benzene rings is 1. The summed E-state index contributed by atoms with van der Waals surface area (Å²) in [5, 5.41) is 12.6. The van der Waals surface area contributed by atoms with E-state index in [1.54, 1.807) is 6.20 Å². The van der Waals surface area contributed by atoms with Crippen molar-refractivity contribution >= 4 is 33.3 Å². The monoisotopic (exact) mass is 474 g/mol.